The second-order valence-electron chi connectivity index (χ2n) is 22.4. The minimum atomic E-state index is -4.24. The number of esters is 2. The summed E-state index contributed by atoms with van der Waals surface area (Å²) in [4.78, 5) is 30.4. The van der Waals surface area contributed by atoms with Crippen LogP contribution >= 0.6 is 0 Å². The van der Waals surface area contributed by atoms with E-state index in [0.717, 1.165) is 6.04 Å². The Bertz CT molecular complexity index is 2400. The number of rotatable bonds is 27. The Hall–Kier alpha value is -3.02. The monoisotopic (exact) mass is 1120 g/mol. The summed E-state index contributed by atoms with van der Waals surface area (Å²) in [5.74, 6) is -2.18. The number of benzene rings is 2. The first-order chi connectivity index (χ1) is 32.6. The summed E-state index contributed by atoms with van der Waals surface area (Å²) < 4.78 is 93.9. The molecule has 1 fully saturated rings. The van der Waals surface area contributed by atoms with Gasteiger partial charge < -0.3 is 35.7 Å². The van der Waals surface area contributed by atoms with Crippen molar-refractivity contribution < 1.29 is 52.4 Å². The van der Waals surface area contributed by atoms with E-state index in [1.807, 2.05) is 23.6 Å². The second-order valence-corrected chi connectivity index (χ2v) is 51.7. The first-order valence-corrected chi connectivity index (χ1v) is 45.9. The molecule has 1 saturated heterocycles. The number of carbonyl (C=O) groups excluding carboxylic acids is 2. The van der Waals surface area contributed by atoms with Crippen LogP contribution in [0.4, 0.5) is 0 Å². The predicted octanol–water partition coefficient (Wildman–Crippen LogP) is 10.6. The third-order valence-corrected chi connectivity index (χ3v) is 35.5. The number of piperazine rings is 1. The lowest BCUT2D eigenvalue weighted by molar-refractivity contribution is -0.140. The molecule has 0 radical (unpaired) electrons. The Labute approximate surface area is 433 Å². The molecule has 0 N–H and O–H groups in total. The first kappa shape index (κ1) is 62.3. The van der Waals surface area contributed by atoms with Gasteiger partial charge in [-0.3, -0.25) is 0 Å². The number of ether oxygens (including phenoxy) is 2. The maximum Gasteiger partial charge on any atom is 0.350 e. The van der Waals surface area contributed by atoms with Gasteiger partial charge in [0.05, 0.1) is 23.0 Å². The highest BCUT2D eigenvalue weighted by atomic mass is 32.2. The van der Waals surface area contributed by atoms with Crippen molar-refractivity contribution in [2.45, 2.75) is 134 Å². The maximum atomic E-state index is 13.9. The van der Waals surface area contributed by atoms with Gasteiger partial charge in [0.15, 0.2) is 43.1 Å². The van der Waals surface area contributed by atoms with E-state index in [0.29, 0.717) is 38.3 Å². The number of allylic oxidation sites excluding steroid dienone is 4. The van der Waals surface area contributed by atoms with Crippen molar-refractivity contribution >= 4 is 82.0 Å². The molecule has 1 aliphatic rings. The van der Waals surface area contributed by atoms with E-state index in [1.165, 1.54) is 42.5 Å². The number of sulfone groups is 2. The van der Waals surface area contributed by atoms with E-state index in [-0.39, 0.29) is 34.8 Å². The van der Waals surface area contributed by atoms with Crippen molar-refractivity contribution in [1.29, 1.82) is 0 Å². The van der Waals surface area contributed by atoms with Gasteiger partial charge in [0.1, 0.15) is 0 Å². The van der Waals surface area contributed by atoms with Gasteiger partial charge in [-0.1, -0.05) is 57.2 Å². The van der Waals surface area contributed by atoms with Gasteiger partial charge in [-0.15, -0.1) is 0 Å². The van der Waals surface area contributed by atoms with E-state index in [4.69, 9.17) is 25.9 Å². The third kappa shape index (κ3) is 21.8. The van der Waals surface area contributed by atoms with Crippen LogP contribution in [0.3, 0.4) is 0 Å². The molecule has 2 aromatic carbocycles. The molecule has 2 aromatic rings. The Balaban J connectivity index is 1.77. The minimum Gasteiger partial charge on any atom is -0.461 e. The third-order valence-electron chi connectivity index (χ3n) is 10.9. The summed E-state index contributed by atoms with van der Waals surface area (Å²) in [7, 11) is -21.7. The molecular formula is C49H84N2O12S2Si6. The number of hydrogen-bond acceptors (Lipinski definition) is 14. The fraction of sp³-hybridized carbons (Fsp3) is 0.551. The van der Waals surface area contributed by atoms with Crippen LogP contribution in [0.1, 0.15) is 20.8 Å². The lowest BCUT2D eigenvalue weighted by Crippen LogP contribution is -2.54. The molecule has 14 nitrogen and oxygen atoms in total. The van der Waals surface area contributed by atoms with Gasteiger partial charge in [0, 0.05) is 26.2 Å². The second kappa shape index (κ2) is 26.0. The highest BCUT2D eigenvalue weighted by molar-refractivity contribution is 7.96. The molecule has 0 saturated carbocycles. The number of carbonyl (C=O) groups is 2. The van der Waals surface area contributed by atoms with E-state index in [1.54, 1.807) is 54.9 Å². The Kier molecular flexibility index (Phi) is 22.8. The van der Waals surface area contributed by atoms with Gasteiger partial charge in [-0.25, -0.2) is 26.4 Å². The topological polar surface area (TPSA) is 164 Å². The largest absolute Gasteiger partial charge is 0.461 e. The summed E-state index contributed by atoms with van der Waals surface area (Å²) in [5.41, 5.74) is 0. The van der Waals surface area contributed by atoms with Crippen molar-refractivity contribution in [3.8, 4) is 0 Å². The summed E-state index contributed by atoms with van der Waals surface area (Å²) >= 11 is 0. The van der Waals surface area contributed by atoms with Crippen LogP contribution < -0.4 is 0 Å². The lowest BCUT2D eigenvalue weighted by Gasteiger charge is -2.40. The molecule has 0 aromatic heterocycles. The fourth-order valence-corrected chi connectivity index (χ4v) is 36.9. The van der Waals surface area contributed by atoms with Crippen molar-refractivity contribution in [2.24, 2.45) is 11.8 Å². The van der Waals surface area contributed by atoms with Crippen molar-refractivity contribution in [3.63, 3.8) is 0 Å². The van der Waals surface area contributed by atoms with E-state index in [9.17, 15) is 26.4 Å². The van der Waals surface area contributed by atoms with Gasteiger partial charge >= 0.3 is 29.1 Å². The van der Waals surface area contributed by atoms with Gasteiger partial charge in [-0.2, -0.15) is 0 Å². The van der Waals surface area contributed by atoms with E-state index in [2.05, 4.69) is 92.0 Å². The lowest BCUT2D eigenvalue weighted by atomic mass is 10.2. The SMILES string of the molecule is CC[Si](C)(C)O[Si](C)(CC(C)COC(=O)C(=CC=CN1CCN(C=CC=C(C(=O)OCC(C)C[Si](C)(O[Si](C)(C)C)O[Si](C)(C)C)S(=O)(=O)c2ccccc2)CC1)S(=O)(=O)c1ccccc1)O[Si](C)(C)C. The van der Waals surface area contributed by atoms with Gasteiger partial charge in [0.25, 0.3) is 0 Å². The molecule has 0 aliphatic carbocycles. The summed E-state index contributed by atoms with van der Waals surface area (Å²) in [6.45, 7) is 35.9. The van der Waals surface area contributed by atoms with Gasteiger partial charge in [0.2, 0.25) is 19.7 Å². The first-order valence-electron chi connectivity index (χ1n) is 24.6. The zero-order chi connectivity index (χ0) is 53.7. The number of hydrogen-bond donors (Lipinski definition) is 0. The molecule has 0 spiro atoms. The standard InChI is InChI=1S/C49H84N2O12S2Si6/c1-17-69(13,14)63-71(16,62-68(10,11)12)41-43(3)39-59-49(53)47(65(56,57)45-28-22-19-23-29-45)31-25-33-51-36-34-50(35-37-51)32-24-30-46(64(54,55)44-26-20-18-21-27-44)48(52)58-38-42(2)40-70(15,60-66(4,5)6)61-67(7,8)9/h18-33,42-43H,17,34-41H2,1-16H3. The molecule has 0 amide bonds. The molecule has 1 aliphatic heterocycles. The van der Waals surface area contributed by atoms with Crippen molar-refractivity contribution in [3.05, 3.63) is 107 Å². The molecule has 0 bridgehead atoms. The highest BCUT2D eigenvalue weighted by Gasteiger charge is 2.44. The Morgan fingerprint density at radius 1 is 0.535 bits per heavy atom. The van der Waals surface area contributed by atoms with Crippen LogP contribution in [0.15, 0.2) is 117 Å². The smallest absolute Gasteiger partial charge is 0.350 e. The van der Waals surface area contributed by atoms with E-state index >= 15 is 0 Å². The average molecular weight is 1130 g/mol. The summed E-state index contributed by atoms with van der Waals surface area (Å²) in [5, 5.41) is 0. The summed E-state index contributed by atoms with van der Waals surface area (Å²) in [6.07, 6.45) is 9.12. The normalized spacial score (nSPS) is 17.1. The van der Waals surface area contributed by atoms with Crippen LogP contribution in [0, 0.1) is 11.8 Å². The minimum absolute atomic E-state index is 0.00562. The number of nitrogens with zero attached hydrogens (tertiary/aromatic N) is 2. The van der Waals surface area contributed by atoms with Crippen molar-refractivity contribution in [2.75, 3.05) is 39.4 Å². The molecule has 22 heteroatoms. The predicted molar refractivity (Wildman–Crippen MR) is 300 cm³/mol. The molecule has 3 atom stereocenters. The molecule has 398 valence electrons. The van der Waals surface area contributed by atoms with Crippen LogP contribution in [0.25, 0.3) is 0 Å². The van der Waals surface area contributed by atoms with Crippen LogP contribution in [0.2, 0.25) is 103 Å². The molecular weight excluding hydrogens is 1040 g/mol. The zero-order valence-corrected chi connectivity index (χ0v) is 53.0. The maximum absolute atomic E-state index is 13.9. The van der Waals surface area contributed by atoms with Crippen molar-refractivity contribution in [1.82, 2.24) is 9.80 Å². The fourth-order valence-electron chi connectivity index (χ4n) is 8.30. The van der Waals surface area contributed by atoms with Gasteiger partial charge in [-0.05, 0) is 176 Å². The Morgan fingerprint density at radius 2 is 0.845 bits per heavy atom. The van der Waals surface area contributed by atoms with E-state index < -0.39 is 91.8 Å². The molecule has 3 unspecified atom stereocenters. The molecule has 3 rings (SSSR count). The zero-order valence-electron chi connectivity index (χ0n) is 45.4. The molecule has 71 heavy (non-hydrogen) atoms. The van der Waals surface area contributed by atoms with Crippen LogP contribution in [-0.4, -0.2) is 128 Å². The van der Waals surface area contributed by atoms with Crippen LogP contribution in [-0.2, 0) is 55.2 Å². The summed E-state index contributed by atoms with van der Waals surface area (Å²) in [6, 6.07) is 17.7. The van der Waals surface area contributed by atoms with Crippen LogP contribution in [0.5, 0.6) is 0 Å². The highest BCUT2D eigenvalue weighted by Crippen LogP contribution is 2.31. The Morgan fingerprint density at radius 3 is 1.14 bits per heavy atom. The average Bonchev–Trinajstić information content (AvgIpc) is 3.23. The quantitative estimate of drug-likeness (QED) is 0.0359. The molecule has 1 heterocycles.